The van der Waals surface area contributed by atoms with Crippen molar-refractivity contribution in [2.45, 2.75) is 69.1 Å². The van der Waals surface area contributed by atoms with Crippen LogP contribution in [0.25, 0.3) is 0 Å². The summed E-state index contributed by atoms with van der Waals surface area (Å²) in [7, 11) is 0. The molecule has 0 spiro atoms. The van der Waals surface area contributed by atoms with Crippen molar-refractivity contribution >= 4 is 41.5 Å². The Morgan fingerprint density at radius 3 is 1.71 bits per heavy atom. The van der Waals surface area contributed by atoms with E-state index in [1.165, 1.54) is 0 Å². The predicted octanol–water partition coefficient (Wildman–Crippen LogP) is -3.80. The van der Waals surface area contributed by atoms with E-state index >= 15 is 0 Å². The van der Waals surface area contributed by atoms with Gasteiger partial charge in [0, 0.05) is 6.42 Å². The molecule has 4 amide bonds. The Morgan fingerprint density at radius 2 is 1.23 bits per heavy atom. The second-order valence-electron chi connectivity index (χ2n) is 7.61. The molecule has 16 nitrogen and oxygen atoms in total. The Hall–Kier alpha value is -3.79. The Balaban J connectivity index is 5.56. The fourth-order valence-corrected chi connectivity index (χ4v) is 2.80. The third kappa shape index (κ3) is 13.5. The van der Waals surface area contributed by atoms with E-state index in [4.69, 9.17) is 27.4 Å². The lowest BCUT2D eigenvalue weighted by Crippen LogP contribution is -2.57. The van der Waals surface area contributed by atoms with Crippen LogP contribution in [0.5, 0.6) is 0 Å². The fraction of sp³-hybridized carbons (Fsp3) is 0.632. The molecule has 0 aliphatic heterocycles. The summed E-state index contributed by atoms with van der Waals surface area (Å²) in [6.07, 6.45) is -1.68. The van der Waals surface area contributed by atoms with Crippen molar-refractivity contribution < 1.29 is 48.9 Å². The maximum absolute atomic E-state index is 12.7. The number of hydrogen-bond donors (Lipinski definition) is 9. The molecule has 0 radical (unpaired) electrons. The molecule has 0 saturated heterocycles. The molecule has 0 aromatic carbocycles. The Kier molecular flexibility index (Phi) is 14.2. The summed E-state index contributed by atoms with van der Waals surface area (Å²) in [5.41, 5.74) is 15.9. The molecular weight excluding hydrogens is 472 g/mol. The molecule has 4 unspecified atom stereocenters. The first-order chi connectivity index (χ1) is 16.3. The molecule has 0 fully saturated rings. The number of rotatable bonds is 18. The van der Waals surface area contributed by atoms with Gasteiger partial charge in [0.1, 0.15) is 18.1 Å². The van der Waals surface area contributed by atoms with Gasteiger partial charge in [-0.25, -0.2) is 4.79 Å². The van der Waals surface area contributed by atoms with Crippen molar-refractivity contribution in [3.8, 4) is 0 Å². The highest BCUT2D eigenvalue weighted by molar-refractivity contribution is 5.96. The summed E-state index contributed by atoms with van der Waals surface area (Å²) in [5, 5.41) is 33.6. The Morgan fingerprint density at radius 1 is 0.686 bits per heavy atom. The monoisotopic (exact) mass is 504 g/mol. The maximum atomic E-state index is 12.7. The van der Waals surface area contributed by atoms with E-state index in [0.29, 0.717) is 12.8 Å². The predicted molar refractivity (Wildman–Crippen MR) is 117 cm³/mol. The van der Waals surface area contributed by atoms with Crippen molar-refractivity contribution in [2.24, 2.45) is 17.2 Å². The topological polar surface area (TPSA) is 294 Å². The number of carbonyl (C=O) groups excluding carboxylic acids is 4. The highest BCUT2D eigenvalue weighted by Crippen LogP contribution is 2.06. The van der Waals surface area contributed by atoms with Crippen LogP contribution in [0.15, 0.2) is 0 Å². The van der Waals surface area contributed by atoms with Gasteiger partial charge in [0.05, 0.1) is 18.9 Å². The number of carboxylic acids is 3. The molecule has 198 valence electrons. The van der Waals surface area contributed by atoms with Crippen LogP contribution in [0.4, 0.5) is 0 Å². The van der Waals surface area contributed by atoms with Crippen molar-refractivity contribution in [1.29, 1.82) is 0 Å². The van der Waals surface area contributed by atoms with Crippen LogP contribution in [0, 0.1) is 0 Å². The van der Waals surface area contributed by atoms with Crippen LogP contribution >= 0.6 is 0 Å². The van der Waals surface area contributed by atoms with E-state index in [-0.39, 0.29) is 13.0 Å². The van der Waals surface area contributed by atoms with Crippen LogP contribution in [0.2, 0.25) is 0 Å². The number of carboxylic acid groups (broad SMARTS) is 3. The van der Waals surface area contributed by atoms with Gasteiger partial charge in [-0.3, -0.25) is 28.8 Å². The van der Waals surface area contributed by atoms with Gasteiger partial charge in [0.15, 0.2) is 0 Å². The molecule has 0 heterocycles. The zero-order chi connectivity index (χ0) is 27.1. The molecule has 0 bridgehead atoms. The normalized spacial score (nSPS) is 14.0. The largest absolute Gasteiger partial charge is 0.481 e. The highest BCUT2D eigenvalue weighted by Gasteiger charge is 2.31. The molecule has 4 atom stereocenters. The van der Waals surface area contributed by atoms with Gasteiger partial charge >= 0.3 is 17.9 Å². The molecule has 12 N–H and O–H groups in total. The quantitative estimate of drug-likeness (QED) is 0.0812. The van der Waals surface area contributed by atoms with Crippen LogP contribution in [0.3, 0.4) is 0 Å². The number of nitrogens with two attached hydrogens (primary N) is 3. The number of primary amides is 1. The molecule has 16 heteroatoms. The van der Waals surface area contributed by atoms with E-state index in [1.54, 1.807) is 0 Å². The molecule has 0 aromatic rings. The number of unbranched alkanes of at least 4 members (excludes halogenated alkanes) is 1. The average molecular weight is 504 g/mol. The van der Waals surface area contributed by atoms with E-state index < -0.39 is 91.4 Å². The second kappa shape index (κ2) is 15.9. The minimum Gasteiger partial charge on any atom is -0.481 e. The first kappa shape index (κ1) is 31.2. The third-order valence-corrected chi connectivity index (χ3v) is 4.61. The summed E-state index contributed by atoms with van der Waals surface area (Å²) in [6.45, 7) is 0.258. The number of aliphatic carboxylic acids is 3. The van der Waals surface area contributed by atoms with Crippen molar-refractivity contribution in [3.63, 3.8) is 0 Å². The van der Waals surface area contributed by atoms with Gasteiger partial charge in [-0.2, -0.15) is 0 Å². The number of amides is 4. The standard InChI is InChI=1S/C19H32N6O10/c20-6-2-1-3-10(17(32)24-11(19(34)35)4-5-14(27)28)23-18(33)12(8-15(29)30)25-16(31)9(21)7-13(22)26/h9-12H,1-8,20-21H2,(H2,22,26)(H,23,33)(H,24,32)(H,25,31)(H,27,28)(H,29,30)(H,34,35). The summed E-state index contributed by atoms with van der Waals surface area (Å²) in [4.78, 5) is 81.8. The van der Waals surface area contributed by atoms with Gasteiger partial charge in [-0.15, -0.1) is 0 Å². The zero-order valence-corrected chi connectivity index (χ0v) is 18.9. The number of hydrogen-bond acceptors (Lipinski definition) is 9. The second-order valence-corrected chi connectivity index (χ2v) is 7.61. The van der Waals surface area contributed by atoms with E-state index in [0.717, 1.165) is 0 Å². The summed E-state index contributed by atoms with van der Waals surface area (Å²) < 4.78 is 0. The van der Waals surface area contributed by atoms with Gasteiger partial charge in [0.2, 0.25) is 23.6 Å². The smallest absolute Gasteiger partial charge is 0.326 e. The molecule has 0 rings (SSSR count). The molecule has 0 saturated carbocycles. The lowest BCUT2D eigenvalue weighted by atomic mass is 10.1. The van der Waals surface area contributed by atoms with Gasteiger partial charge < -0.3 is 48.5 Å². The minimum absolute atomic E-state index is 0.0189. The van der Waals surface area contributed by atoms with E-state index in [2.05, 4.69) is 16.0 Å². The lowest BCUT2D eigenvalue weighted by Gasteiger charge is -2.24. The third-order valence-electron chi connectivity index (χ3n) is 4.61. The van der Waals surface area contributed by atoms with Crippen LogP contribution in [-0.4, -0.2) is 87.6 Å². The van der Waals surface area contributed by atoms with Crippen LogP contribution < -0.4 is 33.2 Å². The van der Waals surface area contributed by atoms with E-state index in [1.807, 2.05) is 0 Å². The molecule has 0 aromatic heterocycles. The molecular formula is C19H32N6O10. The van der Waals surface area contributed by atoms with Crippen molar-refractivity contribution in [2.75, 3.05) is 6.54 Å². The Bertz CT molecular complexity index is 805. The summed E-state index contributed by atoms with van der Waals surface area (Å²) in [6, 6.07) is -6.06. The first-order valence-electron chi connectivity index (χ1n) is 10.6. The fourth-order valence-electron chi connectivity index (χ4n) is 2.80. The molecule has 0 aliphatic carbocycles. The van der Waals surface area contributed by atoms with E-state index in [9.17, 15) is 38.7 Å². The average Bonchev–Trinajstić information content (AvgIpc) is 2.73. The van der Waals surface area contributed by atoms with Gasteiger partial charge in [-0.05, 0) is 32.2 Å². The molecule has 0 aliphatic rings. The number of nitrogens with one attached hydrogen (secondary N) is 3. The summed E-state index contributed by atoms with van der Waals surface area (Å²) >= 11 is 0. The lowest BCUT2D eigenvalue weighted by molar-refractivity contribution is -0.144. The zero-order valence-electron chi connectivity index (χ0n) is 18.9. The SMILES string of the molecule is NCCCCC(NC(=O)C(CC(=O)O)NC(=O)C(N)CC(N)=O)C(=O)NC(CCC(=O)O)C(=O)O. The van der Waals surface area contributed by atoms with Crippen molar-refractivity contribution in [1.82, 2.24) is 16.0 Å². The van der Waals surface area contributed by atoms with Gasteiger partial charge in [-0.1, -0.05) is 0 Å². The molecule has 35 heavy (non-hydrogen) atoms. The Labute approximate surface area is 199 Å². The number of carbonyl (C=O) groups is 7. The van der Waals surface area contributed by atoms with Crippen LogP contribution in [0.1, 0.15) is 44.9 Å². The highest BCUT2D eigenvalue weighted by atomic mass is 16.4. The van der Waals surface area contributed by atoms with Crippen LogP contribution in [-0.2, 0) is 33.6 Å². The van der Waals surface area contributed by atoms with Crippen molar-refractivity contribution in [3.05, 3.63) is 0 Å². The first-order valence-corrected chi connectivity index (χ1v) is 10.6. The van der Waals surface area contributed by atoms with Gasteiger partial charge in [0.25, 0.3) is 0 Å². The minimum atomic E-state index is -1.69. The summed E-state index contributed by atoms with van der Waals surface area (Å²) in [5.74, 6) is -8.23. The maximum Gasteiger partial charge on any atom is 0.326 e.